The van der Waals surface area contributed by atoms with Crippen LogP contribution in [0.5, 0.6) is 0 Å². The second-order valence-electron chi connectivity index (χ2n) is 3.61. The van der Waals surface area contributed by atoms with Crippen LogP contribution in [0, 0.1) is 0 Å². The largest absolute Gasteiger partial charge is 0.631 e. The van der Waals surface area contributed by atoms with Gasteiger partial charge in [-0.15, -0.1) is 0 Å². The third kappa shape index (κ3) is 2.15. The lowest BCUT2D eigenvalue weighted by molar-refractivity contribution is -0.691. The zero-order valence-corrected chi connectivity index (χ0v) is 8.07. The van der Waals surface area contributed by atoms with Crippen LogP contribution in [0.1, 0.15) is 13.3 Å². The predicted molar refractivity (Wildman–Crippen MR) is 42.6 cm³/mol. The molecule has 0 radical (unpaired) electrons. The van der Waals surface area contributed by atoms with Crippen LogP contribution < -0.4 is 10.2 Å². The Morgan fingerprint density at radius 2 is 2.23 bits per heavy atom. The van der Waals surface area contributed by atoms with Gasteiger partial charge < -0.3 is 15.3 Å². The first-order chi connectivity index (χ1) is 5.76. The molecule has 0 saturated carbocycles. The molecule has 1 saturated heterocycles. The summed E-state index contributed by atoms with van der Waals surface area (Å²) in [6, 6.07) is 0. The lowest BCUT2D eigenvalue weighted by Crippen LogP contribution is -2.95. The fraction of sp³-hybridized carbons (Fsp3) is 0.833. The summed E-state index contributed by atoms with van der Waals surface area (Å²) in [7, 11) is -4.13. The number of quaternary nitrogens is 1. The van der Waals surface area contributed by atoms with E-state index in [1.807, 2.05) is 0 Å². The summed E-state index contributed by atoms with van der Waals surface area (Å²) in [4.78, 5) is 39.2. The Morgan fingerprint density at radius 1 is 1.69 bits per heavy atom. The average Bonchev–Trinajstić information content (AvgIpc) is 2.31. The molecule has 0 spiro atoms. The highest BCUT2D eigenvalue weighted by Crippen LogP contribution is 2.48. The molecule has 1 aliphatic rings. The van der Waals surface area contributed by atoms with Crippen molar-refractivity contribution in [2.24, 2.45) is 0 Å². The van der Waals surface area contributed by atoms with E-state index < -0.39 is 25.1 Å². The van der Waals surface area contributed by atoms with Gasteiger partial charge in [-0.2, -0.15) is 0 Å². The monoisotopic (exact) mass is 210 g/mol. The van der Waals surface area contributed by atoms with E-state index in [4.69, 9.17) is 14.9 Å². The smallest absolute Gasteiger partial charge is 0.365 e. The van der Waals surface area contributed by atoms with Crippen molar-refractivity contribution in [3.8, 4) is 0 Å². The second kappa shape index (κ2) is 3.15. The van der Waals surface area contributed by atoms with E-state index >= 15 is 0 Å². The molecule has 0 aromatic heterocycles. The van der Waals surface area contributed by atoms with Gasteiger partial charge in [-0.1, -0.05) is 0 Å². The SMILES string of the molecule is C[C@@]1(C(=O)O)C[C@@H]([P+]([O-])(O)O)C[NH2+]1. The number of hydrogen-bond donors (Lipinski definition) is 4. The number of rotatable bonds is 2. The molecule has 0 aliphatic carbocycles. The van der Waals surface area contributed by atoms with E-state index in [9.17, 15) is 9.69 Å². The van der Waals surface area contributed by atoms with E-state index in [-0.39, 0.29) is 13.0 Å². The van der Waals surface area contributed by atoms with Crippen molar-refractivity contribution in [3.63, 3.8) is 0 Å². The maximum absolute atomic E-state index is 10.8. The standard InChI is InChI=1S/C6H12NO5P/c1-6(5(8)9)2-4(3-7-6)13(10,11)12/h4,7H,2-3H2,1H3,(H,8,9)(H2,10,11,12)/p+1/t4-,6+/m1/s1. The molecule has 13 heavy (non-hydrogen) atoms. The number of aliphatic carboxylic acids is 1. The average molecular weight is 210 g/mol. The number of carboxylic acid groups (broad SMARTS) is 1. The van der Waals surface area contributed by atoms with Crippen LogP contribution in [-0.4, -0.2) is 38.6 Å². The Labute approximate surface area is 75.8 Å². The van der Waals surface area contributed by atoms with Crippen LogP contribution in [0.25, 0.3) is 0 Å². The Hall–Kier alpha value is -0.260. The molecule has 0 aromatic carbocycles. The minimum absolute atomic E-state index is 0.0204. The van der Waals surface area contributed by atoms with Crippen LogP contribution in [-0.2, 0) is 4.79 Å². The topological polar surface area (TPSA) is 117 Å². The van der Waals surface area contributed by atoms with Gasteiger partial charge in [0, 0.05) is 6.92 Å². The van der Waals surface area contributed by atoms with Crippen molar-refractivity contribution >= 4 is 13.9 Å². The van der Waals surface area contributed by atoms with Gasteiger partial charge in [0.2, 0.25) is 7.94 Å². The molecule has 0 amide bonds. The van der Waals surface area contributed by atoms with Crippen molar-refractivity contribution in [2.75, 3.05) is 6.54 Å². The van der Waals surface area contributed by atoms with Gasteiger partial charge in [0.25, 0.3) is 0 Å². The molecule has 0 aromatic rings. The fourth-order valence-electron chi connectivity index (χ4n) is 1.48. The van der Waals surface area contributed by atoms with Crippen molar-refractivity contribution in [1.82, 2.24) is 0 Å². The molecule has 6 nitrogen and oxygen atoms in total. The number of nitrogens with two attached hydrogens (primary N) is 1. The molecule has 5 N–H and O–H groups in total. The van der Waals surface area contributed by atoms with Crippen LogP contribution >= 0.6 is 7.94 Å². The number of hydrogen-bond acceptors (Lipinski definition) is 4. The van der Waals surface area contributed by atoms with Gasteiger partial charge in [-0.25, -0.2) is 14.6 Å². The number of carbonyl (C=O) groups is 1. The molecule has 1 fully saturated rings. The van der Waals surface area contributed by atoms with Gasteiger partial charge in [-0.3, -0.25) is 0 Å². The lowest BCUT2D eigenvalue weighted by atomic mass is 10.0. The summed E-state index contributed by atoms with van der Waals surface area (Å²) < 4.78 is 0. The zero-order chi connectivity index (χ0) is 10.3. The van der Waals surface area contributed by atoms with Crippen molar-refractivity contribution in [3.05, 3.63) is 0 Å². The molecular weight excluding hydrogens is 197 g/mol. The molecular formula is C6H13NO5P+. The van der Waals surface area contributed by atoms with Crippen molar-refractivity contribution in [1.29, 1.82) is 0 Å². The van der Waals surface area contributed by atoms with Gasteiger partial charge in [0.05, 0.1) is 6.42 Å². The Bertz CT molecular complexity index is 228. The Morgan fingerprint density at radius 3 is 2.46 bits per heavy atom. The highest BCUT2D eigenvalue weighted by Gasteiger charge is 2.53. The first-order valence-electron chi connectivity index (χ1n) is 3.89. The van der Waals surface area contributed by atoms with Crippen LogP contribution in [0.4, 0.5) is 0 Å². The Balaban J connectivity index is 2.69. The van der Waals surface area contributed by atoms with E-state index in [0.717, 1.165) is 0 Å². The molecule has 7 heteroatoms. The maximum atomic E-state index is 10.8. The highest BCUT2D eigenvalue weighted by molar-refractivity contribution is 7.58. The first kappa shape index (κ1) is 10.8. The second-order valence-corrected chi connectivity index (χ2v) is 5.52. The van der Waals surface area contributed by atoms with Crippen LogP contribution in [0.3, 0.4) is 0 Å². The third-order valence-corrected chi connectivity index (χ3v) is 3.81. The van der Waals surface area contributed by atoms with Crippen LogP contribution in [0.15, 0.2) is 0 Å². The molecule has 76 valence electrons. The van der Waals surface area contributed by atoms with Crippen molar-refractivity contribution < 1.29 is 29.9 Å². The minimum Gasteiger partial charge on any atom is -0.631 e. The summed E-state index contributed by atoms with van der Waals surface area (Å²) >= 11 is 0. The summed E-state index contributed by atoms with van der Waals surface area (Å²) in [5, 5.41) is 10.2. The molecule has 1 heterocycles. The fourth-order valence-corrected chi connectivity index (χ4v) is 2.48. The minimum atomic E-state index is -4.13. The van der Waals surface area contributed by atoms with E-state index in [2.05, 4.69) is 0 Å². The first-order valence-corrected chi connectivity index (χ1v) is 5.57. The molecule has 0 bridgehead atoms. The summed E-state index contributed by atoms with van der Waals surface area (Å²) in [5.41, 5.74) is -1.90. The van der Waals surface area contributed by atoms with Crippen molar-refractivity contribution in [2.45, 2.75) is 24.5 Å². The van der Waals surface area contributed by atoms with Crippen LogP contribution in [0.2, 0.25) is 0 Å². The normalized spacial score (nSPS) is 34.9. The Kier molecular flexibility index (Phi) is 2.62. The van der Waals surface area contributed by atoms with E-state index in [1.165, 1.54) is 12.2 Å². The zero-order valence-electron chi connectivity index (χ0n) is 7.17. The summed E-state index contributed by atoms with van der Waals surface area (Å²) in [5.74, 6) is -1.02. The van der Waals surface area contributed by atoms with Gasteiger partial charge >= 0.3 is 5.97 Å². The number of carboxylic acids is 1. The highest BCUT2D eigenvalue weighted by atomic mass is 31.2. The molecule has 1 aliphatic heterocycles. The third-order valence-electron chi connectivity index (χ3n) is 2.46. The lowest BCUT2D eigenvalue weighted by Gasteiger charge is -2.20. The molecule has 2 atom stereocenters. The van der Waals surface area contributed by atoms with Gasteiger partial charge in [0.1, 0.15) is 6.54 Å². The van der Waals surface area contributed by atoms with Gasteiger partial charge in [0.15, 0.2) is 11.2 Å². The maximum Gasteiger partial charge on any atom is 0.365 e. The molecule has 0 unspecified atom stereocenters. The van der Waals surface area contributed by atoms with E-state index in [1.54, 1.807) is 0 Å². The predicted octanol–water partition coefficient (Wildman–Crippen LogP) is -2.73. The quantitative estimate of drug-likeness (QED) is 0.369. The molecule has 1 rings (SSSR count). The van der Waals surface area contributed by atoms with Gasteiger partial charge in [-0.05, 0) is 0 Å². The summed E-state index contributed by atoms with van der Waals surface area (Å²) in [6.07, 6.45) is 0.0204. The van der Waals surface area contributed by atoms with E-state index in [0.29, 0.717) is 0 Å². The summed E-state index contributed by atoms with van der Waals surface area (Å²) in [6.45, 7) is 1.65.